The minimum absolute atomic E-state index is 0.414. The largest absolute Gasteiger partial charge is 0.263 e. The highest BCUT2D eigenvalue weighted by atomic mass is 35.5. The fourth-order valence-electron chi connectivity index (χ4n) is 3.23. The average molecular weight is 359 g/mol. The van der Waals surface area contributed by atoms with Gasteiger partial charge >= 0.3 is 0 Å². The predicted octanol–water partition coefficient (Wildman–Crippen LogP) is 6.00. The molecule has 2 nitrogen and oxygen atoms in total. The van der Waals surface area contributed by atoms with Crippen molar-refractivity contribution < 1.29 is 0 Å². The van der Waals surface area contributed by atoms with Crippen molar-refractivity contribution in [2.24, 2.45) is 0 Å². The molecule has 3 aromatic carbocycles. The molecule has 0 aliphatic rings. The highest BCUT2D eigenvalue weighted by molar-refractivity contribution is 6.17. The quantitative estimate of drug-likeness (QED) is 0.400. The third-order valence-corrected chi connectivity index (χ3v) is 4.72. The molecule has 0 atom stereocenters. The Morgan fingerprint density at radius 3 is 1.81 bits per heavy atom. The molecule has 0 saturated heterocycles. The van der Waals surface area contributed by atoms with Crippen molar-refractivity contribution in [2.75, 3.05) is 0 Å². The minimum Gasteiger partial charge on any atom is -0.263 e. The number of aromatic nitrogens is 2. The standard InChI is InChI=1S/C23H19ClN2/c24-16-21-22(19-12-6-2-7-13-19)23(20-14-8-3-9-15-20)25-26(21)17-18-10-4-1-5-11-18/h1-15H,16-17H2. The van der Waals surface area contributed by atoms with E-state index in [1.165, 1.54) is 5.56 Å². The predicted molar refractivity (Wildman–Crippen MR) is 108 cm³/mol. The first kappa shape index (κ1) is 16.6. The monoisotopic (exact) mass is 358 g/mol. The number of rotatable bonds is 5. The summed E-state index contributed by atoms with van der Waals surface area (Å²) in [5.41, 5.74) is 6.58. The van der Waals surface area contributed by atoms with Crippen molar-refractivity contribution in [3.8, 4) is 22.4 Å². The Morgan fingerprint density at radius 2 is 1.23 bits per heavy atom. The summed E-state index contributed by atoms with van der Waals surface area (Å²) >= 11 is 6.39. The third kappa shape index (κ3) is 3.29. The zero-order valence-electron chi connectivity index (χ0n) is 14.3. The zero-order chi connectivity index (χ0) is 17.8. The molecular weight excluding hydrogens is 340 g/mol. The van der Waals surface area contributed by atoms with E-state index in [9.17, 15) is 0 Å². The van der Waals surface area contributed by atoms with Crippen LogP contribution in [0.1, 0.15) is 11.3 Å². The Labute approximate surface area is 158 Å². The van der Waals surface area contributed by atoms with Crippen LogP contribution in [0.5, 0.6) is 0 Å². The van der Waals surface area contributed by atoms with E-state index in [2.05, 4.69) is 60.7 Å². The molecule has 4 aromatic rings. The van der Waals surface area contributed by atoms with Crippen molar-refractivity contribution >= 4 is 11.6 Å². The summed E-state index contributed by atoms with van der Waals surface area (Å²) in [5.74, 6) is 0.414. The SMILES string of the molecule is ClCc1c(-c2ccccc2)c(-c2ccccc2)nn1Cc1ccccc1. The molecule has 0 unspecified atom stereocenters. The van der Waals surface area contributed by atoms with E-state index in [4.69, 9.17) is 16.7 Å². The fraction of sp³-hybridized carbons (Fsp3) is 0.0870. The lowest BCUT2D eigenvalue weighted by Crippen LogP contribution is -2.05. The molecule has 0 N–H and O–H groups in total. The molecule has 128 valence electrons. The molecule has 0 radical (unpaired) electrons. The van der Waals surface area contributed by atoms with Crippen LogP contribution in [0, 0.1) is 0 Å². The van der Waals surface area contributed by atoms with E-state index in [1.54, 1.807) is 0 Å². The van der Waals surface area contributed by atoms with Crippen LogP contribution in [0.2, 0.25) is 0 Å². The Morgan fingerprint density at radius 1 is 0.692 bits per heavy atom. The normalized spacial score (nSPS) is 10.8. The van der Waals surface area contributed by atoms with E-state index >= 15 is 0 Å². The van der Waals surface area contributed by atoms with Crippen LogP contribution in [-0.4, -0.2) is 9.78 Å². The summed E-state index contributed by atoms with van der Waals surface area (Å²) in [4.78, 5) is 0. The molecule has 0 saturated carbocycles. The van der Waals surface area contributed by atoms with E-state index in [1.807, 2.05) is 35.0 Å². The second-order valence-electron chi connectivity index (χ2n) is 6.18. The maximum absolute atomic E-state index is 6.39. The third-order valence-electron chi connectivity index (χ3n) is 4.47. The van der Waals surface area contributed by atoms with Gasteiger partial charge in [-0.15, -0.1) is 11.6 Å². The summed E-state index contributed by atoms with van der Waals surface area (Å²) in [6, 6.07) is 31.0. The molecule has 0 aliphatic heterocycles. The summed E-state index contributed by atoms with van der Waals surface area (Å²) < 4.78 is 2.03. The summed E-state index contributed by atoms with van der Waals surface area (Å²) in [5, 5.41) is 4.96. The fourth-order valence-corrected chi connectivity index (χ4v) is 3.50. The van der Waals surface area contributed by atoms with Gasteiger partial charge in [-0.3, -0.25) is 4.68 Å². The second kappa shape index (κ2) is 7.59. The lowest BCUT2D eigenvalue weighted by molar-refractivity contribution is 0.664. The Kier molecular flexibility index (Phi) is 4.85. The topological polar surface area (TPSA) is 17.8 Å². The van der Waals surface area contributed by atoms with Crippen LogP contribution < -0.4 is 0 Å². The number of alkyl halides is 1. The summed E-state index contributed by atoms with van der Waals surface area (Å²) in [7, 11) is 0. The number of halogens is 1. The summed E-state index contributed by atoms with van der Waals surface area (Å²) in [6.07, 6.45) is 0. The maximum Gasteiger partial charge on any atom is 0.100 e. The van der Waals surface area contributed by atoms with E-state index in [0.717, 1.165) is 28.1 Å². The second-order valence-corrected chi connectivity index (χ2v) is 6.45. The van der Waals surface area contributed by atoms with Crippen molar-refractivity contribution in [2.45, 2.75) is 12.4 Å². The van der Waals surface area contributed by atoms with Crippen LogP contribution in [0.3, 0.4) is 0 Å². The Balaban J connectivity index is 1.90. The van der Waals surface area contributed by atoms with Crippen LogP contribution >= 0.6 is 11.6 Å². The van der Waals surface area contributed by atoms with Crippen molar-refractivity contribution in [3.05, 3.63) is 102 Å². The Bertz CT molecular complexity index is 977. The molecular formula is C23H19ClN2. The smallest absolute Gasteiger partial charge is 0.100 e. The van der Waals surface area contributed by atoms with Crippen molar-refractivity contribution in [1.82, 2.24) is 9.78 Å². The highest BCUT2D eigenvalue weighted by Gasteiger charge is 2.20. The molecule has 1 heterocycles. The minimum atomic E-state index is 0.414. The van der Waals surface area contributed by atoms with Crippen molar-refractivity contribution in [3.63, 3.8) is 0 Å². The number of hydrogen-bond acceptors (Lipinski definition) is 1. The van der Waals surface area contributed by atoms with Crippen LogP contribution in [0.15, 0.2) is 91.0 Å². The molecule has 0 aliphatic carbocycles. The number of hydrogen-bond donors (Lipinski definition) is 0. The van der Waals surface area contributed by atoms with E-state index in [0.29, 0.717) is 12.4 Å². The molecule has 4 rings (SSSR count). The van der Waals surface area contributed by atoms with Crippen molar-refractivity contribution in [1.29, 1.82) is 0 Å². The molecule has 0 spiro atoms. The van der Waals surface area contributed by atoms with Gasteiger partial charge in [0.15, 0.2) is 0 Å². The van der Waals surface area contributed by atoms with E-state index in [-0.39, 0.29) is 0 Å². The summed E-state index contributed by atoms with van der Waals surface area (Å²) in [6.45, 7) is 0.704. The molecule has 26 heavy (non-hydrogen) atoms. The van der Waals surface area contributed by atoms with Crippen LogP contribution in [0.4, 0.5) is 0 Å². The van der Waals surface area contributed by atoms with Gasteiger partial charge in [-0.05, 0) is 11.1 Å². The highest BCUT2D eigenvalue weighted by Crippen LogP contribution is 2.35. The molecule has 0 fully saturated rings. The van der Waals surface area contributed by atoms with Gasteiger partial charge in [0, 0.05) is 11.1 Å². The zero-order valence-corrected chi connectivity index (χ0v) is 15.1. The van der Waals surface area contributed by atoms with Gasteiger partial charge in [0.25, 0.3) is 0 Å². The van der Waals surface area contributed by atoms with Gasteiger partial charge < -0.3 is 0 Å². The van der Waals surface area contributed by atoms with Gasteiger partial charge in [-0.2, -0.15) is 5.10 Å². The Hall–Kier alpha value is -2.84. The van der Waals surface area contributed by atoms with Gasteiger partial charge in [0.05, 0.1) is 18.1 Å². The van der Waals surface area contributed by atoms with E-state index < -0.39 is 0 Å². The van der Waals surface area contributed by atoms with Gasteiger partial charge in [0.2, 0.25) is 0 Å². The lowest BCUT2D eigenvalue weighted by atomic mass is 9.99. The first-order valence-corrected chi connectivity index (χ1v) is 9.20. The molecule has 1 aromatic heterocycles. The maximum atomic E-state index is 6.39. The van der Waals surface area contributed by atoms with Gasteiger partial charge in [0.1, 0.15) is 5.69 Å². The van der Waals surface area contributed by atoms with Crippen LogP contribution in [0.25, 0.3) is 22.4 Å². The van der Waals surface area contributed by atoms with Crippen LogP contribution in [-0.2, 0) is 12.4 Å². The molecule has 0 amide bonds. The molecule has 0 bridgehead atoms. The van der Waals surface area contributed by atoms with Gasteiger partial charge in [-0.25, -0.2) is 0 Å². The lowest BCUT2D eigenvalue weighted by Gasteiger charge is -2.08. The van der Waals surface area contributed by atoms with Gasteiger partial charge in [-0.1, -0.05) is 91.0 Å². The first-order chi connectivity index (χ1) is 12.9. The first-order valence-electron chi connectivity index (χ1n) is 8.67. The average Bonchev–Trinajstić information content (AvgIpc) is 3.08. The number of nitrogens with zero attached hydrogens (tertiary/aromatic N) is 2. The number of benzene rings is 3. The molecule has 3 heteroatoms.